The van der Waals surface area contributed by atoms with Gasteiger partial charge in [0, 0.05) is 13.1 Å². The van der Waals surface area contributed by atoms with Crippen molar-refractivity contribution in [2.24, 2.45) is 5.73 Å². The van der Waals surface area contributed by atoms with Gasteiger partial charge in [-0.3, -0.25) is 0 Å². The molecule has 86 valence electrons. The van der Waals surface area contributed by atoms with Crippen molar-refractivity contribution in [2.75, 3.05) is 13.1 Å². The van der Waals surface area contributed by atoms with E-state index in [9.17, 15) is 5.11 Å². The Morgan fingerprint density at radius 1 is 1.38 bits per heavy atom. The van der Waals surface area contributed by atoms with E-state index in [-0.39, 0.29) is 6.61 Å². The fourth-order valence-corrected chi connectivity index (χ4v) is 2.05. The van der Waals surface area contributed by atoms with Crippen LogP contribution in [-0.2, 0) is 13.2 Å². The largest absolute Gasteiger partial charge is 0.392 e. The lowest BCUT2D eigenvalue weighted by atomic mass is 9.94. The van der Waals surface area contributed by atoms with E-state index in [4.69, 9.17) is 5.73 Å². The predicted octanol–water partition coefficient (Wildman–Crippen LogP) is 1.01. The Bertz CT molecular complexity index is 399. The van der Waals surface area contributed by atoms with Crippen LogP contribution >= 0.6 is 0 Å². The number of aliphatic hydroxyl groups is 1. The highest BCUT2D eigenvalue weighted by Crippen LogP contribution is 2.24. The minimum absolute atomic E-state index is 0.0882. The molecule has 0 unspecified atom stereocenters. The fourth-order valence-electron chi connectivity index (χ4n) is 2.05. The number of rotatable bonds is 3. The number of hydrogen-bond donors (Lipinski definition) is 3. The first-order valence-corrected chi connectivity index (χ1v) is 5.68. The molecule has 0 aromatic heterocycles. The van der Waals surface area contributed by atoms with Crippen molar-refractivity contribution in [1.29, 1.82) is 0 Å². The van der Waals surface area contributed by atoms with Crippen molar-refractivity contribution in [3.63, 3.8) is 0 Å². The van der Waals surface area contributed by atoms with E-state index < -0.39 is 0 Å². The van der Waals surface area contributed by atoms with E-state index in [1.807, 2.05) is 12.1 Å². The molecule has 1 aliphatic rings. The average molecular weight is 218 g/mol. The molecule has 0 saturated carbocycles. The molecule has 0 fully saturated rings. The molecule has 0 radical (unpaired) electrons. The third-order valence-electron chi connectivity index (χ3n) is 2.99. The second-order valence-electron chi connectivity index (χ2n) is 4.04. The molecule has 0 spiro atoms. The van der Waals surface area contributed by atoms with Gasteiger partial charge in [-0.05, 0) is 41.3 Å². The van der Waals surface area contributed by atoms with Gasteiger partial charge < -0.3 is 16.2 Å². The highest BCUT2D eigenvalue weighted by molar-refractivity contribution is 5.69. The Balaban J connectivity index is 2.39. The van der Waals surface area contributed by atoms with Gasteiger partial charge in [-0.15, -0.1) is 0 Å². The first-order chi connectivity index (χ1) is 7.85. The monoisotopic (exact) mass is 218 g/mol. The molecule has 0 saturated heterocycles. The normalized spacial score (nSPS) is 16.0. The average Bonchev–Trinajstić information content (AvgIpc) is 2.39. The molecule has 2 rings (SSSR count). The summed E-state index contributed by atoms with van der Waals surface area (Å²) in [6.45, 7) is 2.55. The van der Waals surface area contributed by atoms with Crippen molar-refractivity contribution in [1.82, 2.24) is 5.32 Å². The molecule has 16 heavy (non-hydrogen) atoms. The summed E-state index contributed by atoms with van der Waals surface area (Å²) in [5.41, 5.74) is 10.2. The van der Waals surface area contributed by atoms with Crippen LogP contribution in [0.5, 0.6) is 0 Å². The molecule has 3 heteroatoms. The fraction of sp³-hybridized carbons (Fsp3) is 0.385. The second-order valence-corrected chi connectivity index (χ2v) is 4.04. The maximum absolute atomic E-state index is 9.34. The van der Waals surface area contributed by atoms with E-state index in [2.05, 4.69) is 17.5 Å². The van der Waals surface area contributed by atoms with Crippen LogP contribution in [0.1, 0.15) is 23.1 Å². The lowest BCUT2D eigenvalue weighted by Gasteiger charge is -2.17. The molecule has 1 aliphatic heterocycles. The van der Waals surface area contributed by atoms with Crippen LogP contribution < -0.4 is 11.1 Å². The molecule has 4 N–H and O–H groups in total. The Labute approximate surface area is 96.0 Å². The summed E-state index contributed by atoms with van der Waals surface area (Å²) in [5, 5.41) is 12.6. The van der Waals surface area contributed by atoms with Crippen LogP contribution in [0.4, 0.5) is 0 Å². The number of nitrogens with one attached hydrogen (secondary N) is 1. The summed E-state index contributed by atoms with van der Waals surface area (Å²) in [6, 6.07) is 6.06. The lowest BCUT2D eigenvalue weighted by molar-refractivity contribution is 0.281. The molecule has 1 aromatic rings. The smallest absolute Gasteiger partial charge is 0.0687 e. The molecule has 1 aromatic carbocycles. The van der Waals surface area contributed by atoms with Gasteiger partial charge in [0.15, 0.2) is 0 Å². The van der Waals surface area contributed by atoms with Gasteiger partial charge >= 0.3 is 0 Å². The summed E-state index contributed by atoms with van der Waals surface area (Å²) in [6.07, 6.45) is 3.21. The Morgan fingerprint density at radius 2 is 2.25 bits per heavy atom. The zero-order chi connectivity index (χ0) is 11.4. The first kappa shape index (κ1) is 11.3. The van der Waals surface area contributed by atoms with Gasteiger partial charge in [-0.1, -0.05) is 18.2 Å². The second kappa shape index (κ2) is 5.25. The maximum Gasteiger partial charge on any atom is 0.0687 e. The van der Waals surface area contributed by atoms with Crippen LogP contribution in [0, 0.1) is 0 Å². The van der Waals surface area contributed by atoms with Gasteiger partial charge in [0.1, 0.15) is 0 Å². The van der Waals surface area contributed by atoms with Crippen LogP contribution in [0.15, 0.2) is 24.3 Å². The van der Waals surface area contributed by atoms with E-state index in [1.165, 1.54) is 5.57 Å². The maximum atomic E-state index is 9.34. The van der Waals surface area contributed by atoms with Crippen LogP contribution in [-0.4, -0.2) is 18.2 Å². The molecular formula is C13H18N2O. The molecule has 3 nitrogen and oxygen atoms in total. The summed E-state index contributed by atoms with van der Waals surface area (Å²) in [7, 11) is 0. The Hall–Kier alpha value is -1.16. The van der Waals surface area contributed by atoms with Crippen molar-refractivity contribution >= 4 is 5.57 Å². The van der Waals surface area contributed by atoms with Crippen molar-refractivity contribution in [3.05, 3.63) is 41.0 Å². The third kappa shape index (κ3) is 2.32. The van der Waals surface area contributed by atoms with Crippen molar-refractivity contribution in [3.8, 4) is 0 Å². The zero-order valence-corrected chi connectivity index (χ0v) is 9.37. The first-order valence-electron chi connectivity index (χ1n) is 5.68. The third-order valence-corrected chi connectivity index (χ3v) is 2.99. The standard InChI is InChI=1S/C13H18N2O/c14-8-10-1-2-12(9-16)13(7-10)11-3-5-15-6-4-11/h1-3,7,15-16H,4-6,8-9,14H2. The quantitative estimate of drug-likeness (QED) is 0.710. The number of hydrogen-bond acceptors (Lipinski definition) is 3. The SMILES string of the molecule is NCc1ccc(CO)c(C2=CCNCC2)c1. The zero-order valence-electron chi connectivity index (χ0n) is 9.37. The molecule has 0 atom stereocenters. The number of nitrogens with two attached hydrogens (primary N) is 1. The van der Waals surface area contributed by atoms with Crippen molar-refractivity contribution in [2.45, 2.75) is 19.6 Å². The summed E-state index contributed by atoms with van der Waals surface area (Å²) >= 11 is 0. The minimum Gasteiger partial charge on any atom is -0.392 e. The van der Waals surface area contributed by atoms with Gasteiger partial charge in [0.25, 0.3) is 0 Å². The Morgan fingerprint density at radius 3 is 2.88 bits per heavy atom. The van der Waals surface area contributed by atoms with E-state index in [1.54, 1.807) is 0 Å². The van der Waals surface area contributed by atoms with Crippen LogP contribution in [0.2, 0.25) is 0 Å². The molecule has 1 heterocycles. The number of benzene rings is 1. The molecule has 0 aliphatic carbocycles. The van der Waals surface area contributed by atoms with Crippen LogP contribution in [0.3, 0.4) is 0 Å². The predicted molar refractivity (Wildman–Crippen MR) is 65.7 cm³/mol. The topological polar surface area (TPSA) is 58.3 Å². The highest BCUT2D eigenvalue weighted by atomic mass is 16.3. The summed E-state index contributed by atoms with van der Waals surface area (Å²) in [4.78, 5) is 0. The highest BCUT2D eigenvalue weighted by Gasteiger charge is 2.10. The number of aliphatic hydroxyl groups excluding tert-OH is 1. The van der Waals surface area contributed by atoms with E-state index >= 15 is 0 Å². The van der Waals surface area contributed by atoms with E-state index in [0.29, 0.717) is 6.54 Å². The molecule has 0 bridgehead atoms. The lowest BCUT2D eigenvalue weighted by Crippen LogP contribution is -2.20. The van der Waals surface area contributed by atoms with Crippen molar-refractivity contribution < 1.29 is 5.11 Å². The molecular weight excluding hydrogens is 200 g/mol. The minimum atomic E-state index is 0.0882. The van der Waals surface area contributed by atoms with Gasteiger partial charge in [-0.2, -0.15) is 0 Å². The molecule has 0 amide bonds. The van der Waals surface area contributed by atoms with Gasteiger partial charge in [-0.25, -0.2) is 0 Å². The van der Waals surface area contributed by atoms with E-state index in [0.717, 1.165) is 36.2 Å². The Kier molecular flexibility index (Phi) is 3.72. The summed E-state index contributed by atoms with van der Waals surface area (Å²) < 4.78 is 0. The van der Waals surface area contributed by atoms with Gasteiger partial charge in [0.05, 0.1) is 6.61 Å². The van der Waals surface area contributed by atoms with Crippen LogP contribution in [0.25, 0.3) is 5.57 Å². The summed E-state index contributed by atoms with van der Waals surface area (Å²) in [5.74, 6) is 0. The van der Waals surface area contributed by atoms with Gasteiger partial charge in [0.2, 0.25) is 0 Å².